The fourth-order valence-electron chi connectivity index (χ4n) is 2.31. The molecule has 3 rings (SSSR count). The topological polar surface area (TPSA) is 56.8 Å². The number of halogens is 2. The van der Waals surface area contributed by atoms with Crippen molar-refractivity contribution in [3.05, 3.63) is 26.2 Å². The Labute approximate surface area is 139 Å². The predicted molar refractivity (Wildman–Crippen MR) is 91.9 cm³/mol. The van der Waals surface area contributed by atoms with E-state index >= 15 is 0 Å². The number of hydrogen-bond donors (Lipinski definition) is 2. The lowest BCUT2D eigenvalue weighted by Crippen LogP contribution is -2.49. The molecule has 1 fully saturated rings. The number of nitrogens with one attached hydrogen (secondary N) is 2. The van der Waals surface area contributed by atoms with E-state index in [1.807, 2.05) is 6.07 Å². The van der Waals surface area contributed by atoms with Gasteiger partial charge in [0.25, 0.3) is 0 Å². The van der Waals surface area contributed by atoms with Crippen LogP contribution in [0, 0.1) is 3.57 Å². The van der Waals surface area contributed by atoms with Gasteiger partial charge in [0.2, 0.25) is 5.95 Å². The molecule has 2 aromatic rings. The van der Waals surface area contributed by atoms with Gasteiger partial charge in [-0.2, -0.15) is 4.98 Å². The maximum atomic E-state index is 4.65. The zero-order chi connectivity index (χ0) is 14.1. The first-order valence-electron chi connectivity index (χ1n) is 6.49. The molecule has 106 valence electrons. The van der Waals surface area contributed by atoms with Gasteiger partial charge in [-0.15, -0.1) is 5.10 Å². The maximum Gasteiger partial charge on any atom is 0.245 e. The number of hydrogen-bond acceptors (Lipinski definition) is 4. The van der Waals surface area contributed by atoms with E-state index in [2.05, 4.69) is 83.0 Å². The molecule has 0 aliphatic carbocycles. The summed E-state index contributed by atoms with van der Waals surface area (Å²) in [6.45, 7) is 5.03. The molecular weight excluding hydrogens is 433 g/mol. The predicted octanol–water partition coefficient (Wildman–Crippen LogP) is 2.64. The molecule has 1 atom stereocenters. The van der Waals surface area contributed by atoms with Crippen molar-refractivity contribution >= 4 is 44.5 Å². The van der Waals surface area contributed by atoms with Crippen molar-refractivity contribution in [2.24, 2.45) is 0 Å². The second-order valence-corrected chi connectivity index (χ2v) is 6.99. The zero-order valence-corrected chi connectivity index (χ0v) is 14.8. The molecule has 1 aromatic heterocycles. The second-order valence-electron chi connectivity index (χ2n) is 4.91. The van der Waals surface area contributed by atoms with Crippen LogP contribution in [-0.4, -0.2) is 40.9 Å². The summed E-state index contributed by atoms with van der Waals surface area (Å²) in [5.41, 5.74) is 1.07. The fourth-order valence-corrected chi connectivity index (χ4v) is 3.26. The number of H-pyrrole nitrogens is 1. The summed E-state index contributed by atoms with van der Waals surface area (Å²) in [5.74, 6) is 1.60. The van der Waals surface area contributed by atoms with Crippen LogP contribution in [-0.2, 0) is 0 Å². The van der Waals surface area contributed by atoms with Gasteiger partial charge in [0.05, 0.1) is 0 Å². The molecule has 0 saturated carbocycles. The van der Waals surface area contributed by atoms with Crippen molar-refractivity contribution < 1.29 is 0 Å². The van der Waals surface area contributed by atoms with E-state index in [0.29, 0.717) is 6.04 Å². The number of benzene rings is 1. The molecule has 2 N–H and O–H groups in total. The summed E-state index contributed by atoms with van der Waals surface area (Å²) >= 11 is 5.82. The highest BCUT2D eigenvalue weighted by atomic mass is 127. The molecular formula is C13H15BrIN5. The van der Waals surface area contributed by atoms with Crippen molar-refractivity contribution in [2.45, 2.75) is 13.0 Å². The quantitative estimate of drug-likeness (QED) is 0.695. The first-order valence-corrected chi connectivity index (χ1v) is 8.37. The molecule has 1 saturated heterocycles. The summed E-state index contributed by atoms with van der Waals surface area (Å²) in [7, 11) is 0. The van der Waals surface area contributed by atoms with E-state index in [1.165, 1.54) is 0 Å². The van der Waals surface area contributed by atoms with E-state index in [0.717, 1.165) is 45.0 Å². The average Bonchev–Trinajstić information content (AvgIpc) is 2.91. The van der Waals surface area contributed by atoms with Crippen molar-refractivity contribution in [3.8, 4) is 11.4 Å². The second kappa shape index (κ2) is 5.98. The Bertz CT molecular complexity index is 615. The minimum absolute atomic E-state index is 0.469. The van der Waals surface area contributed by atoms with Crippen LogP contribution in [0.25, 0.3) is 11.4 Å². The average molecular weight is 448 g/mol. The molecule has 0 radical (unpaired) electrons. The van der Waals surface area contributed by atoms with E-state index in [4.69, 9.17) is 0 Å². The van der Waals surface area contributed by atoms with Gasteiger partial charge in [0.15, 0.2) is 5.82 Å². The van der Waals surface area contributed by atoms with E-state index < -0.39 is 0 Å². The summed E-state index contributed by atoms with van der Waals surface area (Å²) in [6, 6.07) is 6.62. The third-order valence-corrected chi connectivity index (χ3v) is 4.74. The monoisotopic (exact) mass is 447 g/mol. The molecule has 20 heavy (non-hydrogen) atoms. The van der Waals surface area contributed by atoms with Gasteiger partial charge in [-0.05, 0) is 47.7 Å². The van der Waals surface area contributed by atoms with Crippen LogP contribution >= 0.6 is 38.5 Å². The van der Waals surface area contributed by atoms with Crippen molar-refractivity contribution in [1.82, 2.24) is 20.5 Å². The van der Waals surface area contributed by atoms with Gasteiger partial charge >= 0.3 is 0 Å². The summed E-state index contributed by atoms with van der Waals surface area (Å²) < 4.78 is 2.20. The highest BCUT2D eigenvalue weighted by Crippen LogP contribution is 2.27. The number of piperazine rings is 1. The largest absolute Gasteiger partial charge is 0.337 e. The van der Waals surface area contributed by atoms with Gasteiger partial charge in [0.1, 0.15) is 0 Å². The number of rotatable bonds is 2. The molecule has 0 bridgehead atoms. The smallest absolute Gasteiger partial charge is 0.245 e. The standard InChI is InChI=1S/C13H15BrIN5/c1-8-7-20(5-4-16-8)13-17-12(18-19-13)10-6-9(14)2-3-11(10)15/h2-3,6,8,16H,4-5,7H2,1H3,(H,17,18,19). The van der Waals surface area contributed by atoms with Crippen molar-refractivity contribution in [2.75, 3.05) is 24.5 Å². The normalized spacial score (nSPS) is 19.4. The molecule has 7 heteroatoms. The first kappa shape index (κ1) is 14.3. The Kier molecular flexibility index (Phi) is 4.27. The number of aromatic amines is 1. The van der Waals surface area contributed by atoms with Gasteiger partial charge in [0, 0.05) is 39.3 Å². The highest BCUT2D eigenvalue weighted by molar-refractivity contribution is 14.1. The zero-order valence-electron chi connectivity index (χ0n) is 11.0. The van der Waals surface area contributed by atoms with Gasteiger partial charge in [-0.25, -0.2) is 0 Å². The third kappa shape index (κ3) is 2.99. The number of anilines is 1. The Morgan fingerprint density at radius 3 is 3.10 bits per heavy atom. The van der Waals surface area contributed by atoms with E-state index in [1.54, 1.807) is 0 Å². The maximum absolute atomic E-state index is 4.65. The first-order chi connectivity index (χ1) is 9.63. The fraction of sp³-hybridized carbons (Fsp3) is 0.385. The lowest BCUT2D eigenvalue weighted by atomic mass is 10.2. The summed E-state index contributed by atoms with van der Waals surface area (Å²) in [5, 5.41) is 10.8. The van der Waals surface area contributed by atoms with E-state index in [-0.39, 0.29) is 0 Å². The third-order valence-electron chi connectivity index (χ3n) is 3.31. The molecule has 0 amide bonds. The molecule has 1 unspecified atom stereocenters. The SMILES string of the molecule is CC1CN(c2n[nH]c(-c3cc(Br)ccc3I)n2)CCN1. The number of aromatic nitrogens is 3. The number of nitrogens with zero attached hydrogens (tertiary/aromatic N) is 3. The van der Waals surface area contributed by atoms with Crippen LogP contribution in [0.15, 0.2) is 22.7 Å². The minimum Gasteiger partial charge on any atom is -0.337 e. The Morgan fingerprint density at radius 2 is 2.30 bits per heavy atom. The van der Waals surface area contributed by atoms with Gasteiger partial charge in [-0.3, -0.25) is 5.10 Å². The molecule has 0 spiro atoms. The lowest BCUT2D eigenvalue weighted by Gasteiger charge is -2.30. The Morgan fingerprint density at radius 1 is 1.45 bits per heavy atom. The molecule has 1 aliphatic rings. The highest BCUT2D eigenvalue weighted by Gasteiger charge is 2.20. The summed E-state index contributed by atoms with van der Waals surface area (Å²) in [6.07, 6.45) is 0. The Balaban J connectivity index is 1.88. The van der Waals surface area contributed by atoms with Gasteiger partial charge < -0.3 is 10.2 Å². The lowest BCUT2D eigenvalue weighted by molar-refractivity contribution is 0.480. The van der Waals surface area contributed by atoms with Gasteiger partial charge in [-0.1, -0.05) is 15.9 Å². The van der Waals surface area contributed by atoms with Crippen LogP contribution in [0.3, 0.4) is 0 Å². The Hall–Kier alpha value is -0.670. The van der Waals surface area contributed by atoms with Crippen LogP contribution in [0.1, 0.15) is 6.92 Å². The molecule has 1 aliphatic heterocycles. The van der Waals surface area contributed by atoms with Crippen molar-refractivity contribution in [1.29, 1.82) is 0 Å². The molecule has 5 nitrogen and oxygen atoms in total. The molecule has 1 aromatic carbocycles. The van der Waals surface area contributed by atoms with E-state index in [9.17, 15) is 0 Å². The minimum atomic E-state index is 0.469. The van der Waals surface area contributed by atoms with Crippen LogP contribution in [0.4, 0.5) is 5.95 Å². The molecule has 2 heterocycles. The summed E-state index contributed by atoms with van der Waals surface area (Å²) in [4.78, 5) is 6.86. The van der Waals surface area contributed by atoms with Crippen LogP contribution in [0.2, 0.25) is 0 Å². The van der Waals surface area contributed by atoms with Crippen molar-refractivity contribution in [3.63, 3.8) is 0 Å². The van der Waals surface area contributed by atoms with Crippen LogP contribution < -0.4 is 10.2 Å². The van der Waals surface area contributed by atoms with Crippen LogP contribution in [0.5, 0.6) is 0 Å².